The maximum atomic E-state index is 10.7. The van der Waals surface area contributed by atoms with Crippen molar-refractivity contribution in [2.75, 3.05) is 6.54 Å². The summed E-state index contributed by atoms with van der Waals surface area (Å²) in [5.74, 6) is -0.239. The van der Waals surface area contributed by atoms with E-state index in [9.17, 15) is 4.79 Å². The third-order valence-corrected chi connectivity index (χ3v) is 2.54. The van der Waals surface area contributed by atoms with E-state index in [2.05, 4.69) is 0 Å². The summed E-state index contributed by atoms with van der Waals surface area (Å²) in [7, 11) is 0. The van der Waals surface area contributed by atoms with Crippen LogP contribution in [0.5, 0.6) is 5.75 Å². The van der Waals surface area contributed by atoms with Gasteiger partial charge in [0.05, 0.1) is 5.56 Å². The Bertz CT molecular complexity index is 389. The molecule has 1 aromatic carbocycles. The number of fused-ring (bicyclic) bond motifs is 1. The number of nitrogens with two attached hydrogens (primary N) is 1. The molecule has 3 N–H and O–H groups in total. The largest absolute Gasteiger partial charge is 0.490 e. The van der Waals surface area contributed by atoms with Crippen LogP contribution in [-0.2, 0) is 6.42 Å². The van der Waals surface area contributed by atoms with Crippen LogP contribution in [0.4, 0.5) is 0 Å². The molecule has 15 heavy (non-hydrogen) atoms. The van der Waals surface area contributed by atoms with E-state index in [0.717, 1.165) is 18.4 Å². The van der Waals surface area contributed by atoms with E-state index in [4.69, 9.17) is 15.6 Å². The van der Waals surface area contributed by atoms with E-state index in [1.807, 2.05) is 6.07 Å². The molecule has 1 aliphatic rings. The highest BCUT2D eigenvalue weighted by molar-refractivity contribution is 5.88. The molecule has 0 amide bonds. The molecule has 0 radical (unpaired) electrons. The van der Waals surface area contributed by atoms with E-state index in [0.29, 0.717) is 12.3 Å². The van der Waals surface area contributed by atoms with E-state index >= 15 is 0 Å². The molecule has 1 aliphatic heterocycles. The minimum absolute atomic E-state index is 0.106. The molecule has 0 fully saturated rings. The highest BCUT2D eigenvalue weighted by atomic mass is 16.5. The molecule has 1 aromatic rings. The Morgan fingerprint density at radius 3 is 3.07 bits per heavy atom. The lowest BCUT2D eigenvalue weighted by molar-refractivity contribution is 0.0696. The zero-order chi connectivity index (χ0) is 10.8. The van der Waals surface area contributed by atoms with E-state index < -0.39 is 5.97 Å². The highest BCUT2D eigenvalue weighted by Crippen LogP contribution is 2.30. The topological polar surface area (TPSA) is 72.6 Å². The lowest BCUT2D eigenvalue weighted by Gasteiger charge is -2.07. The summed E-state index contributed by atoms with van der Waals surface area (Å²) in [5, 5.41) is 8.81. The summed E-state index contributed by atoms with van der Waals surface area (Å²) in [6.07, 6.45) is 1.73. The molecule has 1 atom stereocenters. The van der Waals surface area contributed by atoms with E-state index in [-0.39, 0.29) is 11.7 Å². The van der Waals surface area contributed by atoms with Gasteiger partial charge in [-0.05, 0) is 30.7 Å². The zero-order valence-corrected chi connectivity index (χ0v) is 8.27. The minimum Gasteiger partial charge on any atom is -0.490 e. The third-order valence-electron chi connectivity index (χ3n) is 2.54. The van der Waals surface area contributed by atoms with Crippen LogP contribution in [0.3, 0.4) is 0 Å². The summed E-state index contributed by atoms with van der Waals surface area (Å²) in [6, 6.07) is 5.00. The van der Waals surface area contributed by atoms with Crippen LogP contribution in [-0.4, -0.2) is 23.7 Å². The number of rotatable bonds is 3. The highest BCUT2D eigenvalue weighted by Gasteiger charge is 2.22. The predicted molar refractivity (Wildman–Crippen MR) is 55.2 cm³/mol. The maximum Gasteiger partial charge on any atom is 0.335 e. The Hall–Kier alpha value is -1.55. The maximum absolute atomic E-state index is 10.7. The monoisotopic (exact) mass is 207 g/mol. The standard InChI is InChI=1S/C11H13NO3/c12-4-3-9-5-7-1-2-8(11(13)14)6-10(7)15-9/h1-2,6,9H,3-5,12H2,(H,13,14). The number of benzene rings is 1. The smallest absolute Gasteiger partial charge is 0.335 e. The first-order valence-corrected chi connectivity index (χ1v) is 4.93. The Balaban J connectivity index is 2.20. The van der Waals surface area contributed by atoms with Crippen molar-refractivity contribution < 1.29 is 14.6 Å². The Morgan fingerprint density at radius 1 is 1.60 bits per heavy atom. The van der Waals surface area contributed by atoms with E-state index in [1.54, 1.807) is 12.1 Å². The number of carboxylic acid groups (broad SMARTS) is 1. The van der Waals surface area contributed by atoms with Crippen LogP contribution in [0.25, 0.3) is 0 Å². The van der Waals surface area contributed by atoms with Crippen LogP contribution in [0.2, 0.25) is 0 Å². The van der Waals surface area contributed by atoms with Crippen molar-refractivity contribution in [1.82, 2.24) is 0 Å². The van der Waals surface area contributed by atoms with Gasteiger partial charge < -0.3 is 15.6 Å². The fraction of sp³-hybridized carbons (Fsp3) is 0.364. The lowest BCUT2D eigenvalue weighted by Crippen LogP contribution is -2.17. The molecule has 4 nitrogen and oxygen atoms in total. The number of carbonyl (C=O) groups is 1. The molecule has 1 unspecified atom stereocenters. The number of hydrogen-bond donors (Lipinski definition) is 2. The van der Waals surface area contributed by atoms with Crippen LogP contribution in [0, 0.1) is 0 Å². The molecule has 4 heteroatoms. The summed E-state index contributed by atoms with van der Waals surface area (Å²) in [4.78, 5) is 10.7. The summed E-state index contributed by atoms with van der Waals surface area (Å²) in [6.45, 7) is 0.588. The molecular formula is C11H13NO3. The van der Waals surface area contributed by atoms with Crippen molar-refractivity contribution in [1.29, 1.82) is 0 Å². The molecule has 0 aliphatic carbocycles. The van der Waals surface area contributed by atoms with Gasteiger partial charge in [0.1, 0.15) is 11.9 Å². The molecule has 0 aromatic heterocycles. The average molecular weight is 207 g/mol. The molecule has 0 saturated heterocycles. The number of ether oxygens (including phenoxy) is 1. The predicted octanol–water partition coefficient (Wildman–Crippen LogP) is 1.04. The molecular weight excluding hydrogens is 194 g/mol. The van der Waals surface area contributed by atoms with Gasteiger partial charge in [-0.15, -0.1) is 0 Å². The zero-order valence-electron chi connectivity index (χ0n) is 8.27. The van der Waals surface area contributed by atoms with Crippen LogP contribution < -0.4 is 10.5 Å². The SMILES string of the molecule is NCCC1Cc2ccc(C(=O)O)cc2O1. The quantitative estimate of drug-likeness (QED) is 0.776. The lowest BCUT2D eigenvalue weighted by atomic mass is 10.1. The Kier molecular flexibility index (Phi) is 2.60. The molecule has 80 valence electrons. The Labute approximate surface area is 87.7 Å². The second-order valence-electron chi connectivity index (χ2n) is 3.65. The van der Waals surface area contributed by atoms with Crippen molar-refractivity contribution in [3.05, 3.63) is 29.3 Å². The number of hydrogen-bond acceptors (Lipinski definition) is 3. The normalized spacial score (nSPS) is 18.3. The van der Waals surface area contributed by atoms with Crippen LogP contribution in [0.1, 0.15) is 22.3 Å². The third kappa shape index (κ3) is 1.94. The van der Waals surface area contributed by atoms with Gasteiger partial charge >= 0.3 is 5.97 Å². The minimum atomic E-state index is -0.927. The van der Waals surface area contributed by atoms with Crippen molar-refractivity contribution in [3.63, 3.8) is 0 Å². The first kappa shape index (κ1) is 9.98. The van der Waals surface area contributed by atoms with Gasteiger partial charge in [0, 0.05) is 6.42 Å². The molecule has 0 saturated carbocycles. The van der Waals surface area contributed by atoms with Crippen molar-refractivity contribution in [2.45, 2.75) is 18.9 Å². The fourth-order valence-corrected chi connectivity index (χ4v) is 1.78. The summed E-state index contributed by atoms with van der Waals surface area (Å²) >= 11 is 0. The van der Waals surface area contributed by atoms with Gasteiger partial charge in [-0.2, -0.15) is 0 Å². The molecule has 0 bridgehead atoms. The van der Waals surface area contributed by atoms with Crippen molar-refractivity contribution in [3.8, 4) is 5.75 Å². The average Bonchev–Trinajstić information content (AvgIpc) is 2.59. The van der Waals surface area contributed by atoms with Gasteiger partial charge in [-0.25, -0.2) is 4.79 Å². The first-order chi connectivity index (χ1) is 7.20. The Morgan fingerprint density at radius 2 is 2.40 bits per heavy atom. The second kappa shape index (κ2) is 3.90. The van der Waals surface area contributed by atoms with Gasteiger partial charge in [-0.3, -0.25) is 0 Å². The molecule has 2 rings (SSSR count). The molecule has 1 heterocycles. The van der Waals surface area contributed by atoms with Crippen LogP contribution >= 0.6 is 0 Å². The van der Waals surface area contributed by atoms with Crippen molar-refractivity contribution >= 4 is 5.97 Å². The first-order valence-electron chi connectivity index (χ1n) is 4.93. The van der Waals surface area contributed by atoms with Crippen molar-refractivity contribution in [2.24, 2.45) is 5.73 Å². The summed E-state index contributed by atoms with van der Waals surface area (Å²) in [5.41, 5.74) is 6.78. The van der Waals surface area contributed by atoms with Gasteiger partial charge in [0.2, 0.25) is 0 Å². The fourth-order valence-electron chi connectivity index (χ4n) is 1.78. The van der Waals surface area contributed by atoms with Gasteiger partial charge in [0.25, 0.3) is 0 Å². The van der Waals surface area contributed by atoms with E-state index in [1.165, 1.54) is 0 Å². The molecule has 0 spiro atoms. The van der Waals surface area contributed by atoms with Gasteiger partial charge in [0.15, 0.2) is 0 Å². The second-order valence-corrected chi connectivity index (χ2v) is 3.65. The van der Waals surface area contributed by atoms with Gasteiger partial charge in [-0.1, -0.05) is 6.07 Å². The summed E-state index contributed by atoms with van der Waals surface area (Å²) < 4.78 is 5.59. The number of aromatic carboxylic acids is 1. The van der Waals surface area contributed by atoms with Crippen LogP contribution in [0.15, 0.2) is 18.2 Å². The number of carboxylic acids is 1.